The van der Waals surface area contributed by atoms with Crippen LogP contribution in [0.5, 0.6) is 0 Å². The summed E-state index contributed by atoms with van der Waals surface area (Å²) < 4.78 is 0. The van der Waals surface area contributed by atoms with E-state index in [9.17, 15) is 4.79 Å². The van der Waals surface area contributed by atoms with Gasteiger partial charge in [-0.1, -0.05) is 29.3 Å². The van der Waals surface area contributed by atoms with Crippen molar-refractivity contribution in [1.29, 1.82) is 0 Å². The smallest absolute Gasteiger partial charge is 0.149 e. The van der Waals surface area contributed by atoms with E-state index in [1.165, 1.54) is 0 Å². The molecule has 0 aliphatic rings. The number of rotatable bonds is 4. The zero-order valence-corrected chi connectivity index (χ0v) is 9.98. The van der Waals surface area contributed by atoms with Gasteiger partial charge in [-0.05, 0) is 31.0 Å². The summed E-state index contributed by atoms with van der Waals surface area (Å²) in [6.07, 6.45) is 1.09. The van der Waals surface area contributed by atoms with Gasteiger partial charge in [0.15, 0.2) is 0 Å². The van der Waals surface area contributed by atoms with Crippen LogP contribution in [-0.4, -0.2) is 11.8 Å². The molecule has 0 bridgehead atoms. The first-order chi connectivity index (χ1) is 7.00. The van der Waals surface area contributed by atoms with Gasteiger partial charge in [-0.3, -0.25) is 4.79 Å². The molecule has 0 heterocycles. The number of carbonyl (C=O) groups excluding carboxylic acids is 1. The van der Waals surface area contributed by atoms with Crippen molar-refractivity contribution in [1.82, 2.24) is 0 Å². The summed E-state index contributed by atoms with van der Waals surface area (Å²) in [6, 6.07) is 4.98. The zero-order valence-electron chi connectivity index (χ0n) is 8.47. The van der Waals surface area contributed by atoms with Gasteiger partial charge in [-0.2, -0.15) is 0 Å². The van der Waals surface area contributed by atoms with Crippen LogP contribution in [-0.2, 0) is 11.2 Å². The van der Waals surface area contributed by atoms with Gasteiger partial charge in [0.1, 0.15) is 5.78 Å². The van der Waals surface area contributed by atoms with Gasteiger partial charge in [0.2, 0.25) is 0 Å². The lowest BCUT2D eigenvalue weighted by Gasteiger charge is -2.05. The maximum absolute atomic E-state index is 11.3. The number of Topliss-reactive ketones (excluding diaryl/α,β-unsaturated/α-hetero) is 1. The molecule has 0 spiro atoms. The van der Waals surface area contributed by atoms with Gasteiger partial charge in [0, 0.05) is 6.42 Å². The molecular weight excluding hydrogens is 233 g/mol. The molecule has 1 atom stereocenters. The first-order valence-electron chi connectivity index (χ1n) is 4.73. The number of nitrogens with two attached hydrogens (primary N) is 1. The molecule has 0 saturated carbocycles. The van der Waals surface area contributed by atoms with Gasteiger partial charge < -0.3 is 5.73 Å². The highest BCUT2D eigenvalue weighted by Gasteiger charge is 2.08. The van der Waals surface area contributed by atoms with Crippen LogP contribution in [0.2, 0.25) is 10.0 Å². The van der Waals surface area contributed by atoms with E-state index in [-0.39, 0.29) is 5.78 Å². The molecule has 1 unspecified atom stereocenters. The Labute approximate surface area is 99.4 Å². The van der Waals surface area contributed by atoms with Crippen molar-refractivity contribution < 1.29 is 4.79 Å². The summed E-state index contributed by atoms with van der Waals surface area (Å²) in [5.41, 5.74) is 6.46. The number of hydrogen-bond acceptors (Lipinski definition) is 2. The SMILES string of the molecule is CC(N)C(=O)CCc1ccc(Cl)c(Cl)c1. The summed E-state index contributed by atoms with van der Waals surface area (Å²) in [5, 5.41) is 1.04. The van der Waals surface area contributed by atoms with Gasteiger partial charge in [-0.25, -0.2) is 0 Å². The maximum Gasteiger partial charge on any atom is 0.149 e. The minimum Gasteiger partial charge on any atom is -0.322 e. The highest BCUT2D eigenvalue weighted by molar-refractivity contribution is 6.42. The Balaban J connectivity index is 2.58. The fourth-order valence-corrected chi connectivity index (χ4v) is 1.51. The molecule has 0 radical (unpaired) electrons. The van der Waals surface area contributed by atoms with Gasteiger partial charge >= 0.3 is 0 Å². The highest BCUT2D eigenvalue weighted by Crippen LogP contribution is 2.23. The number of hydrogen-bond donors (Lipinski definition) is 1. The average molecular weight is 246 g/mol. The van der Waals surface area contributed by atoms with Crippen molar-refractivity contribution in [3.8, 4) is 0 Å². The van der Waals surface area contributed by atoms with E-state index in [4.69, 9.17) is 28.9 Å². The lowest BCUT2D eigenvalue weighted by Crippen LogP contribution is -2.26. The standard InChI is InChI=1S/C11H13Cl2NO/c1-7(14)11(15)5-3-8-2-4-9(12)10(13)6-8/h2,4,6-7H,3,5,14H2,1H3. The largest absolute Gasteiger partial charge is 0.322 e. The van der Waals surface area contributed by atoms with Crippen LogP contribution < -0.4 is 5.73 Å². The molecule has 0 saturated heterocycles. The van der Waals surface area contributed by atoms with Crippen LogP contribution in [0.4, 0.5) is 0 Å². The number of halogens is 2. The Kier molecular flexibility index (Phi) is 4.58. The van der Waals surface area contributed by atoms with Crippen molar-refractivity contribution in [3.63, 3.8) is 0 Å². The summed E-state index contributed by atoms with van der Waals surface area (Å²) >= 11 is 11.6. The molecule has 0 aliphatic carbocycles. The lowest BCUT2D eigenvalue weighted by atomic mass is 10.0. The monoisotopic (exact) mass is 245 g/mol. The number of aryl methyl sites for hydroxylation is 1. The van der Waals surface area contributed by atoms with Crippen LogP contribution in [0.25, 0.3) is 0 Å². The highest BCUT2D eigenvalue weighted by atomic mass is 35.5. The minimum absolute atomic E-state index is 0.0565. The van der Waals surface area contributed by atoms with Gasteiger partial charge in [0.25, 0.3) is 0 Å². The lowest BCUT2D eigenvalue weighted by molar-refractivity contribution is -0.119. The summed E-state index contributed by atoms with van der Waals surface area (Å²) in [4.78, 5) is 11.3. The number of carbonyl (C=O) groups is 1. The number of benzene rings is 1. The van der Waals surface area contributed by atoms with E-state index in [1.54, 1.807) is 19.1 Å². The van der Waals surface area contributed by atoms with E-state index in [2.05, 4.69) is 0 Å². The van der Waals surface area contributed by atoms with Crippen molar-refractivity contribution in [2.45, 2.75) is 25.8 Å². The molecule has 0 amide bonds. The van der Waals surface area contributed by atoms with E-state index in [1.807, 2.05) is 6.07 Å². The Morgan fingerprint density at radius 2 is 2.07 bits per heavy atom. The molecule has 1 aromatic carbocycles. The third-order valence-electron chi connectivity index (χ3n) is 2.15. The fourth-order valence-electron chi connectivity index (χ4n) is 1.19. The molecule has 0 aliphatic heterocycles. The molecule has 82 valence electrons. The van der Waals surface area contributed by atoms with Crippen molar-refractivity contribution >= 4 is 29.0 Å². The van der Waals surface area contributed by atoms with Gasteiger partial charge in [-0.15, -0.1) is 0 Å². The average Bonchev–Trinajstić information content (AvgIpc) is 2.19. The molecule has 2 nitrogen and oxygen atoms in total. The van der Waals surface area contributed by atoms with Crippen LogP contribution in [0.1, 0.15) is 18.9 Å². The molecule has 1 rings (SSSR count). The van der Waals surface area contributed by atoms with E-state index in [0.717, 1.165) is 5.56 Å². The van der Waals surface area contributed by atoms with Crippen LogP contribution in [0, 0.1) is 0 Å². The normalized spacial score (nSPS) is 12.5. The van der Waals surface area contributed by atoms with E-state index >= 15 is 0 Å². The third-order valence-corrected chi connectivity index (χ3v) is 2.89. The Morgan fingerprint density at radius 1 is 1.40 bits per heavy atom. The number of ketones is 1. The molecule has 15 heavy (non-hydrogen) atoms. The zero-order chi connectivity index (χ0) is 11.4. The second kappa shape index (κ2) is 5.50. The van der Waals surface area contributed by atoms with Crippen LogP contribution >= 0.6 is 23.2 Å². The van der Waals surface area contributed by atoms with Crippen LogP contribution in [0.15, 0.2) is 18.2 Å². The fraction of sp³-hybridized carbons (Fsp3) is 0.364. The van der Waals surface area contributed by atoms with Crippen molar-refractivity contribution in [3.05, 3.63) is 33.8 Å². The van der Waals surface area contributed by atoms with Crippen molar-refractivity contribution in [2.24, 2.45) is 5.73 Å². The molecule has 0 aromatic heterocycles. The second-order valence-electron chi connectivity index (χ2n) is 3.50. The Hall–Kier alpha value is -0.570. The molecular formula is C11H13Cl2NO. The quantitative estimate of drug-likeness (QED) is 0.887. The Bertz CT molecular complexity index is 364. The molecule has 1 aromatic rings. The van der Waals surface area contributed by atoms with Crippen molar-refractivity contribution in [2.75, 3.05) is 0 Å². The minimum atomic E-state index is -0.396. The second-order valence-corrected chi connectivity index (χ2v) is 4.32. The molecule has 2 N–H and O–H groups in total. The summed E-state index contributed by atoms with van der Waals surface area (Å²) in [6.45, 7) is 1.69. The predicted molar refractivity (Wildman–Crippen MR) is 63.4 cm³/mol. The first-order valence-corrected chi connectivity index (χ1v) is 5.48. The molecule has 4 heteroatoms. The van der Waals surface area contributed by atoms with E-state index < -0.39 is 6.04 Å². The predicted octanol–water partition coefficient (Wildman–Crippen LogP) is 2.84. The summed E-state index contributed by atoms with van der Waals surface area (Å²) in [5.74, 6) is 0.0565. The van der Waals surface area contributed by atoms with Gasteiger partial charge in [0.05, 0.1) is 16.1 Å². The summed E-state index contributed by atoms with van der Waals surface area (Å²) in [7, 11) is 0. The van der Waals surface area contributed by atoms with Crippen LogP contribution in [0.3, 0.4) is 0 Å². The van der Waals surface area contributed by atoms with E-state index in [0.29, 0.717) is 22.9 Å². The Morgan fingerprint density at radius 3 is 2.60 bits per heavy atom. The molecule has 0 fully saturated rings. The maximum atomic E-state index is 11.3. The first kappa shape index (κ1) is 12.5. The third kappa shape index (κ3) is 3.82. The topological polar surface area (TPSA) is 43.1 Å².